The number of nitrogens with one attached hydrogen (secondary N) is 1. The van der Waals surface area contributed by atoms with Crippen molar-refractivity contribution in [2.75, 3.05) is 12.4 Å². The van der Waals surface area contributed by atoms with E-state index in [1.165, 1.54) is 17.8 Å². The lowest BCUT2D eigenvalue weighted by Crippen LogP contribution is -2.09. The maximum atomic E-state index is 11.2. The van der Waals surface area contributed by atoms with Crippen LogP contribution in [0.2, 0.25) is 5.02 Å². The van der Waals surface area contributed by atoms with Crippen LogP contribution in [-0.2, 0) is 0 Å². The van der Waals surface area contributed by atoms with Crippen molar-refractivity contribution in [1.82, 2.24) is 9.97 Å². The van der Waals surface area contributed by atoms with Crippen LogP contribution in [0.15, 0.2) is 40.3 Å². The molecule has 1 aromatic heterocycles. The summed E-state index contributed by atoms with van der Waals surface area (Å²) in [4.78, 5) is 18.1. The van der Waals surface area contributed by atoms with Crippen molar-refractivity contribution >= 4 is 23.4 Å². The van der Waals surface area contributed by atoms with Gasteiger partial charge in [0.25, 0.3) is 5.56 Å². The number of thioether (sulfide) groups is 1. The third-order valence-corrected chi connectivity index (χ3v) is 3.34. The zero-order chi connectivity index (χ0) is 13.7. The second kappa shape index (κ2) is 6.63. The van der Waals surface area contributed by atoms with Crippen molar-refractivity contribution < 1.29 is 4.74 Å². The molecule has 0 amide bonds. The van der Waals surface area contributed by atoms with Gasteiger partial charge in [-0.1, -0.05) is 23.4 Å². The van der Waals surface area contributed by atoms with Gasteiger partial charge in [-0.15, -0.1) is 0 Å². The van der Waals surface area contributed by atoms with E-state index < -0.39 is 0 Å². The molecule has 2 aromatic rings. The summed E-state index contributed by atoms with van der Waals surface area (Å²) in [7, 11) is 0. The third kappa shape index (κ3) is 4.61. The predicted molar refractivity (Wildman–Crippen MR) is 77.3 cm³/mol. The van der Waals surface area contributed by atoms with E-state index in [2.05, 4.69) is 9.97 Å². The summed E-state index contributed by atoms with van der Waals surface area (Å²) in [6, 6.07) is 8.67. The highest BCUT2D eigenvalue weighted by atomic mass is 35.5. The second-order valence-electron chi connectivity index (χ2n) is 3.84. The van der Waals surface area contributed by atoms with E-state index in [1.54, 1.807) is 19.1 Å². The fourth-order valence-corrected chi connectivity index (χ4v) is 2.32. The molecule has 0 radical (unpaired) electrons. The number of halogens is 1. The average molecular weight is 297 g/mol. The van der Waals surface area contributed by atoms with Gasteiger partial charge in [-0.3, -0.25) is 4.79 Å². The normalized spacial score (nSPS) is 10.4. The molecule has 0 aliphatic carbocycles. The number of rotatable bonds is 5. The predicted octanol–water partition coefficient (Wildman–Crippen LogP) is 2.90. The molecular formula is C13H13ClN2O2S. The van der Waals surface area contributed by atoms with Gasteiger partial charge in [0.2, 0.25) is 0 Å². The van der Waals surface area contributed by atoms with Crippen LogP contribution in [0.25, 0.3) is 0 Å². The molecular weight excluding hydrogens is 284 g/mol. The van der Waals surface area contributed by atoms with Crippen LogP contribution in [0, 0.1) is 6.92 Å². The number of aromatic amines is 1. The maximum absolute atomic E-state index is 11.2. The molecule has 0 aliphatic rings. The van der Waals surface area contributed by atoms with Crippen molar-refractivity contribution in [2.24, 2.45) is 0 Å². The summed E-state index contributed by atoms with van der Waals surface area (Å²) in [6.07, 6.45) is 0. The van der Waals surface area contributed by atoms with Gasteiger partial charge in [-0.25, -0.2) is 4.98 Å². The average Bonchev–Trinajstić information content (AvgIpc) is 2.36. The Labute approximate surface area is 120 Å². The molecule has 4 nitrogen and oxygen atoms in total. The SMILES string of the molecule is Cc1cc(=O)[nH]c(SCCOc2ccc(Cl)cc2)n1. The number of ether oxygens (including phenoxy) is 1. The lowest BCUT2D eigenvalue weighted by Gasteiger charge is -2.05. The molecule has 0 atom stereocenters. The van der Waals surface area contributed by atoms with E-state index in [0.29, 0.717) is 28.2 Å². The molecule has 1 heterocycles. The van der Waals surface area contributed by atoms with Gasteiger partial charge < -0.3 is 9.72 Å². The largest absolute Gasteiger partial charge is 0.493 e. The van der Waals surface area contributed by atoms with Gasteiger partial charge in [-0.2, -0.15) is 0 Å². The van der Waals surface area contributed by atoms with Gasteiger partial charge in [0.05, 0.1) is 6.61 Å². The second-order valence-corrected chi connectivity index (χ2v) is 5.36. The highest BCUT2D eigenvalue weighted by Crippen LogP contribution is 2.16. The fraction of sp³-hybridized carbons (Fsp3) is 0.231. The first-order valence-corrected chi connectivity index (χ1v) is 7.09. The first-order chi connectivity index (χ1) is 9.13. The number of nitrogens with zero attached hydrogens (tertiary/aromatic N) is 1. The Morgan fingerprint density at radius 3 is 2.79 bits per heavy atom. The van der Waals surface area contributed by atoms with E-state index in [9.17, 15) is 4.79 Å². The molecule has 1 aromatic carbocycles. The third-order valence-electron chi connectivity index (χ3n) is 2.25. The summed E-state index contributed by atoms with van der Waals surface area (Å²) in [6.45, 7) is 2.33. The minimum absolute atomic E-state index is 0.131. The lowest BCUT2D eigenvalue weighted by atomic mass is 10.3. The Morgan fingerprint density at radius 2 is 2.11 bits per heavy atom. The van der Waals surface area contributed by atoms with Crippen LogP contribution in [0.4, 0.5) is 0 Å². The molecule has 2 rings (SSSR count). The number of benzene rings is 1. The molecule has 19 heavy (non-hydrogen) atoms. The molecule has 100 valence electrons. The Kier molecular flexibility index (Phi) is 4.87. The standard InChI is InChI=1S/C13H13ClN2O2S/c1-9-8-12(17)16-13(15-9)19-7-6-18-11-4-2-10(14)3-5-11/h2-5,8H,6-7H2,1H3,(H,15,16,17). The smallest absolute Gasteiger partial charge is 0.251 e. The summed E-state index contributed by atoms with van der Waals surface area (Å²) in [5.41, 5.74) is 0.582. The summed E-state index contributed by atoms with van der Waals surface area (Å²) >= 11 is 7.23. The molecule has 1 N–H and O–H groups in total. The number of aromatic nitrogens is 2. The van der Waals surface area contributed by atoms with E-state index in [1.807, 2.05) is 12.1 Å². The Hall–Kier alpha value is -1.46. The van der Waals surface area contributed by atoms with Gasteiger partial charge in [-0.05, 0) is 31.2 Å². The van der Waals surface area contributed by atoms with Crippen LogP contribution in [0.3, 0.4) is 0 Å². The highest BCUT2D eigenvalue weighted by molar-refractivity contribution is 7.99. The van der Waals surface area contributed by atoms with Crippen LogP contribution in [-0.4, -0.2) is 22.3 Å². The summed E-state index contributed by atoms with van der Waals surface area (Å²) in [5, 5.41) is 1.30. The first-order valence-electron chi connectivity index (χ1n) is 5.72. The molecule has 0 unspecified atom stereocenters. The monoisotopic (exact) mass is 296 g/mol. The molecule has 0 saturated carbocycles. The minimum atomic E-state index is -0.131. The zero-order valence-electron chi connectivity index (χ0n) is 10.4. The lowest BCUT2D eigenvalue weighted by molar-refractivity contribution is 0.344. The van der Waals surface area contributed by atoms with Crippen molar-refractivity contribution in [3.63, 3.8) is 0 Å². The van der Waals surface area contributed by atoms with E-state index in [0.717, 1.165) is 5.75 Å². The van der Waals surface area contributed by atoms with Gasteiger partial charge in [0.15, 0.2) is 5.16 Å². The Balaban J connectivity index is 1.80. The van der Waals surface area contributed by atoms with Crippen LogP contribution < -0.4 is 10.3 Å². The van der Waals surface area contributed by atoms with Gasteiger partial charge in [0, 0.05) is 22.5 Å². The van der Waals surface area contributed by atoms with E-state index in [-0.39, 0.29) is 5.56 Å². The van der Waals surface area contributed by atoms with Crippen molar-refractivity contribution in [1.29, 1.82) is 0 Å². The van der Waals surface area contributed by atoms with E-state index in [4.69, 9.17) is 16.3 Å². The number of hydrogen-bond donors (Lipinski definition) is 1. The van der Waals surface area contributed by atoms with Crippen molar-refractivity contribution in [3.05, 3.63) is 51.4 Å². The first kappa shape index (κ1) is 14.0. The fourth-order valence-electron chi connectivity index (χ4n) is 1.45. The van der Waals surface area contributed by atoms with Crippen molar-refractivity contribution in [3.8, 4) is 5.75 Å². The number of aryl methyl sites for hydroxylation is 1. The number of H-pyrrole nitrogens is 1. The molecule has 0 fully saturated rings. The Morgan fingerprint density at radius 1 is 1.37 bits per heavy atom. The Bertz CT molecular complexity index is 598. The molecule has 6 heteroatoms. The van der Waals surface area contributed by atoms with Gasteiger partial charge >= 0.3 is 0 Å². The quantitative estimate of drug-likeness (QED) is 0.524. The number of hydrogen-bond acceptors (Lipinski definition) is 4. The molecule has 0 bridgehead atoms. The minimum Gasteiger partial charge on any atom is -0.493 e. The van der Waals surface area contributed by atoms with Gasteiger partial charge in [0.1, 0.15) is 5.75 Å². The molecule has 0 aliphatic heterocycles. The molecule has 0 spiro atoms. The topological polar surface area (TPSA) is 55.0 Å². The van der Waals surface area contributed by atoms with Crippen LogP contribution in [0.1, 0.15) is 5.69 Å². The summed E-state index contributed by atoms with van der Waals surface area (Å²) in [5.74, 6) is 1.48. The van der Waals surface area contributed by atoms with Crippen LogP contribution in [0.5, 0.6) is 5.75 Å². The van der Waals surface area contributed by atoms with Crippen molar-refractivity contribution in [2.45, 2.75) is 12.1 Å². The molecule has 0 saturated heterocycles. The maximum Gasteiger partial charge on any atom is 0.251 e. The summed E-state index contributed by atoms with van der Waals surface area (Å²) < 4.78 is 5.54. The highest BCUT2D eigenvalue weighted by Gasteiger charge is 2.00. The zero-order valence-corrected chi connectivity index (χ0v) is 11.9. The van der Waals surface area contributed by atoms with Crippen LogP contribution >= 0.6 is 23.4 Å². The van der Waals surface area contributed by atoms with E-state index >= 15 is 0 Å².